The van der Waals surface area contributed by atoms with Crippen molar-refractivity contribution in [2.24, 2.45) is 9.98 Å². The van der Waals surface area contributed by atoms with Gasteiger partial charge in [0.15, 0.2) is 5.84 Å². The van der Waals surface area contributed by atoms with Gasteiger partial charge in [0, 0.05) is 26.7 Å². The molecule has 0 aliphatic heterocycles. The fraction of sp³-hybridized carbons (Fsp3) is 0.636. The van der Waals surface area contributed by atoms with Gasteiger partial charge in [-0.1, -0.05) is 6.08 Å². The normalized spacial score (nSPS) is 14.3. The van der Waals surface area contributed by atoms with Crippen LogP contribution in [-0.2, 0) is 0 Å². The molecule has 0 fully saturated rings. The van der Waals surface area contributed by atoms with Gasteiger partial charge in [-0.3, -0.25) is 15.0 Å². The molecule has 1 N–H and O–H groups in total. The van der Waals surface area contributed by atoms with E-state index in [1.54, 1.807) is 13.3 Å². The second kappa shape index (κ2) is 8.17. The van der Waals surface area contributed by atoms with E-state index in [1.165, 1.54) is 0 Å². The summed E-state index contributed by atoms with van der Waals surface area (Å²) in [5, 5.41) is 1.99. The molecule has 0 aromatic heterocycles. The largest absolute Gasteiger partial charge is 0.290 e. The predicted molar refractivity (Wildman–Crippen MR) is 67.6 cm³/mol. The van der Waals surface area contributed by atoms with Crippen LogP contribution in [0.5, 0.6) is 0 Å². The van der Waals surface area contributed by atoms with Crippen molar-refractivity contribution >= 4 is 12.1 Å². The molecular weight excluding hydrogens is 188 g/mol. The summed E-state index contributed by atoms with van der Waals surface area (Å²) in [4.78, 5) is 8.39. The van der Waals surface area contributed by atoms with E-state index in [9.17, 15) is 0 Å². The Morgan fingerprint density at radius 1 is 1.60 bits per heavy atom. The minimum Gasteiger partial charge on any atom is -0.290 e. The van der Waals surface area contributed by atoms with Crippen LogP contribution in [0.25, 0.3) is 0 Å². The van der Waals surface area contributed by atoms with E-state index in [0.29, 0.717) is 6.04 Å². The highest BCUT2D eigenvalue weighted by atomic mass is 15.5. The molecular formula is C11H22N4. The van der Waals surface area contributed by atoms with Gasteiger partial charge in [0.1, 0.15) is 0 Å². The maximum atomic E-state index is 4.20. The quantitative estimate of drug-likeness (QED) is 0.312. The first-order valence-corrected chi connectivity index (χ1v) is 5.25. The Labute approximate surface area is 92.8 Å². The van der Waals surface area contributed by atoms with Crippen LogP contribution in [0.15, 0.2) is 22.6 Å². The summed E-state index contributed by atoms with van der Waals surface area (Å²) in [6.07, 6.45) is 4.59. The lowest BCUT2D eigenvalue weighted by molar-refractivity contribution is 0.269. The lowest BCUT2D eigenvalue weighted by Gasteiger charge is -2.28. The Morgan fingerprint density at radius 3 is 2.67 bits per heavy atom. The fourth-order valence-corrected chi connectivity index (χ4v) is 1.31. The van der Waals surface area contributed by atoms with Crippen molar-refractivity contribution in [3.05, 3.63) is 12.7 Å². The standard InChI is InChI=1S/C11H22N4/c1-6-8-10(3)15(13-5)11(12-4)9-14-7-2/h6,9-10,13H,1,7-8H2,2-5H3/t10-/m0/s1. The molecule has 0 rings (SSSR count). The lowest BCUT2D eigenvalue weighted by atomic mass is 10.2. The molecule has 4 heteroatoms. The zero-order valence-electron chi connectivity index (χ0n) is 10.2. The first-order chi connectivity index (χ1) is 7.21. The van der Waals surface area contributed by atoms with E-state index in [2.05, 4.69) is 28.9 Å². The monoisotopic (exact) mass is 210 g/mol. The highest BCUT2D eigenvalue weighted by Gasteiger charge is 2.13. The van der Waals surface area contributed by atoms with Crippen molar-refractivity contribution in [1.82, 2.24) is 10.4 Å². The first kappa shape index (κ1) is 13.8. The van der Waals surface area contributed by atoms with E-state index in [4.69, 9.17) is 0 Å². The zero-order valence-corrected chi connectivity index (χ0v) is 10.2. The Kier molecular flexibility index (Phi) is 7.54. The molecule has 0 aromatic rings. The number of rotatable bonds is 6. The van der Waals surface area contributed by atoms with Gasteiger partial charge in [0.05, 0.1) is 6.21 Å². The van der Waals surface area contributed by atoms with Crippen LogP contribution in [0.1, 0.15) is 20.3 Å². The van der Waals surface area contributed by atoms with Crippen molar-refractivity contribution in [3.63, 3.8) is 0 Å². The molecule has 0 heterocycles. The molecule has 15 heavy (non-hydrogen) atoms. The van der Waals surface area contributed by atoms with Crippen LogP contribution in [0.2, 0.25) is 0 Å². The SMILES string of the molecule is C=CC[C@H](C)N(NC)C(C=NCC)=NC. The average molecular weight is 210 g/mol. The molecule has 0 saturated carbocycles. The smallest absolute Gasteiger partial charge is 0.156 e. The minimum atomic E-state index is 0.314. The van der Waals surface area contributed by atoms with Crippen LogP contribution in [0, 0.1) is 0 Å². The number of nitrogens with zero attached hydrogens (tertiary/aromatic N) is 3. The first-order valence-electron chi connectivity index (χ1n) is 5.25. The minimum absolute atomic E-state index is 0.314. The number of amidine groups is 1. The lowest BCUT2D eigenvalue weighted by Crippen LogP contribution is -2.47. The summed E-state index contributed by atoms with van der Waals surface area (Å²) in [5.74, 6) is 0.841. The topological polar surface area (TPSA) is 40.0 Å². The Balaban J connectivity index is 4.60. The molecule has 4 nitrogen and oxygen atoms in total. The van der Waals surface area contributed by atoms with E-state index in [1.807, 2.05) is 25.1 Å². The molecule has 1 atom stereocenters. The van der Waals surface area contributed by atoms with Gasteiger partial charge in [-0.05, 0) is 20.3 Å². The molecule has 0 aliphatic rings. The van der Waals surface area contributed by atoms with Gasteiger partial charge < -0.3 is 0 Å². The van der Waals surface area contributed by atoms with Crippen LogP contribution < -0.4 is 5.43 Å². The van der Waals surface area contributed by atoms with E-state index < -0.39 is 0 Å². The Hall–Kier alpha value is -1.16. The van der Waals surface area contributed by atoms with Gasteiger partial charge in [0.25, 0.3) is 0 Å². The zero-order chi connectivity index (χ0) is 11.7. The maximum Gasteiger partial charge on any atom is 0.156 e. The Bertz CT molecular complexity index is 233. The number of hydrogen-bond donors (Lipinski definition) is 1. The molecule has 0 spiro atoms. The number of hydrogen-bond acceptors (Lipinski definition) is 3. The summed E-state index contributed by atoms with van der Waals surface area (Å²) in [6, 6.07) is 0.314. The number of hydrazine groups is 1. The molecule has 0 saturated heterocycles. The summed E-state index contributed by atoms with van der Waals surface area (Å²) in [6.45, 7) is 8.62. The second-order valence-corrected chi connectivity index (χ2v) is 3.18. The molecule has 0 bridgehead atoms. The van der Waals surface area contributed by atoms with E-state index in [0.717, 1.165) is 18.8 Å². The summed E-state index contributed by atoms with van der Waals surface area (Å²) >= 11 is 0. The Morgan fingerprint density at radius 2 is 2.27 bits per heavy atom. The van der Waals surface area contributed by atoms with Gasteiger partial charge in [-0.2, -0.15) is 0 Å². The van der Waals surface area contributed by atoms with Crippen molar-refractivity contribution in [1.29, 1.82) is 0 Å². The number of nitrogens with one attached hydrogen (secondary N) is 1. The fourth-order valence-electron chi connectivity index (χ4n) is 1.31. The van der Waals surface area contributed by atoms with Gasteiger partial charge >= 0.3 is 0 Å². The molecule has 0 aromatic carbocycles. The van der Waals surface area contributed by atoms with Crippen molar-refractivity contribution < 1.29 is 0 Å². The van der Waals surface area contributed by atoms with Crippen molar-refractivity contribution in [2.75, 3.05) is 20.6 Å². The summed E-state index contributed by atoms with van der Waals surface area (Å²) in [5.41, 5.74) is 3.11. The van der Waals surface area contributed by atoms with Gasteiger partial charge in [-0.25, -0.2) is 5.43 Å². The predicted octanol–water partition coefficient (Wildman–Crippen LogP) is 1.51. The van der Waals surface area contributed by atoms with E-state index >= 15 is 0 Å². The summed E-state index contributed by atoms with van der Waals surface area (Å²) in [7, 11) is 3.65. The van der Waals surface area contributed by atoms with Crippen LogP contribution in [0.4, 0.5) is 0 Å². The van der Waals surface area contributed by atoms with Crippen molar-refractivity contribution in [3.8, 4) is 0 Å². The van der Waals surface area contributed by atoms with Crippen LogP contribution in [-0.4, -0.2) is 43.7 Å². The molecule has 86 valence electrons. The summed E-state index contributed by atoms with van der Waals surface area (Å²) < 4.78 is 0. The third-order valence-corrected chi connectivity index (χ3v) is 2.05. The van der Waals surface area contributed by atoms with Crippen molar-refractivity contribution in [2.45, 2.75) is 26.3 Å². The molecule has 0 amide bonds. The average Bonchev–Trinajstić information content (AvgIpc) is 2.24. The number of aliphatic imine (C=N–C) groups is 2. The third kappa shape index (κ3) is 4.74. The van der Waals surface area contributed by atoms with Gasteiger partial charge in [-0.15, -0.1) is 6.58 Å². The molecule has 0 unspecified atom stereocenters. The highest BCUT2D eigenvalue weighted by Crippen LogP contribution is 2.01. The second-order valence-electron chi connectivity index (χ2n) is 3.18. The van der Waals surface area contributed by atoms with Gasteiger partial charge in [0.2, 0.25) is 0 Å². The van der Waals surface area contributed by atoms with Crippen LogP contribution >= 0.6 is 0 Å². The van der Waals surface area contributed by atoms with Crippen LogP contribution in [0.3, 0.4) is 0 Å². The molecule has 0 aliphatic carbocycles. The molecule has 0 radical (unpaired) electrons. The maximum absolute atomic E-state index is 4.20. The van der Waals surface area contributed by atoms with E-state index in [-0.39, 0.29) is 0 Å². The third-order valence-electron chi connectivity index (χ3n) is 2.05. The highest BCUT2D eigenvalue weighted by molar-refractivity contribution is 6.29.